The van der Waals surface area contributed by atoms with Crippen molar-refractivity contribution in [3.05, 3.63) is 17.5 Å². The molecule has 1 saturated heterocycles. The summed E-state index contributed by atoms with van der Waals surface area (Å²) in [7, 11) is 3.76. The molecule has 1 N–H and O–H groups in total. The molecule has 0 radical (unpaired) electrons. The van der Waals surface area contributed by atoms with Crippen LogP contribution in [0.3, 0.4) is 0 Å². The summed E-state index contributed by atoms with van der Waals surface area (Å²) < 4.78 is 5.04. The highest BCUT2D eigenvalue weighted by Gasteiger charge is 2.29. The molecular formula is C14H24N4O2. The van der Waals surface area contributed by atoms with Crippen molar-refractivity contribution >= 4 is 5.91 Å². The number of aromatic amines is 1. The molecule has 0 aliphatic carbocycles. The Balaban J connectivity index is 1.79. The number of nitrogens with zero attached hydrogens (tertiary/aromatic N) is 3. The summed E-state index contributed by atoms with van der Waals surface area (Å²) in [5, 5.41) is 6.99. The van der Waals surface area contributed by atoms with Gasteiger partial charge in [-0.2, -0.15) is 5.10 Å². The zero-order valence-electron chi connectivity index (χ0n) is 12.6. The van der Waals surface area contributed by atoms with E-state index in [9.17, 15) is 4.79 Å². The van der Waals surface area contributed by atoms with E-state index in [2.05, 4.69) is 22.1 Å². The van der Waals surface area contributed by atoms with Gasteiger partial charge in [-0.3, -0.25) is 9.89 Å². The lowest BCUT2D eigenvalue weighted by atomic mass is 10.1. The number of hydrogen-bond donors (Lipinski definition) is 1. The number of hydrogen-bond acceptors (Lipinski definition) is 4. The number of rotatable bonds is 7. The van der Waals surface area contributed by atoms with Gasteiger partial charge in [0.05, 0.1) is 12.8 Å². The van der Waals surface area contributed by atoms with E-state index in [0.717, 1.165) is 25.3 Å². The van der Waals surface area contributed by atoms with Crippen molar-refractivity contribution in [1.82, 2.24) is 20.0 Å². The third kappa shape index (κ3) is 3.80. The summed E-state index contributed by atoms with van der Waals surface area (Å²) in [5.41, 5.74) is 2.33. The highest BCUT2D eigenvalue weighted by Crippen LogP contribution is 2.19. The zero-order valence-corrected chi connectivity index (χ0v) is 12.6. The maximum Gasteiger partial charge on any atom is 0.223 e. The summed E-state index contributed by atoms with van der Waals surface area (Å²) >= 11 is 0. The van der Waals surface area contributed by atoms with Gasteiger partial charge in [0.2, 0.25) is 5.91 Å². The molecule has 0 saturated carbocycles. The summed E-state index contributed by atoms with van der Waals surface area (Å²) in [6, 6.07) is 0. The highest BCUT2D eigenvalue weighted by molar-refractivity contribution is 5.78. The Morgan fingerprint density at radius 3 is 3.05 bits per heavy atom. The van der Waals surface area contributed by atoms with Gasteiger partial charge in [-0.25, -0.2) is 0 Å². The number of nitrogens with one attached hydrogen (secondary N) is 1. The van der Waals surface area contributed by atoms with Crippen molar-refractivity contribution in [1.29, 1.82) is 0 Å². The summed E-state index contributed by atoms with van der Waals surface area (Å²) in [6.07, 6.45) is 2.52. The minimum atomic E-state index is 0.250. The van der Waals surface area contributed by atoms with Crippen LogP contribution in [0.15, 0.2) is 6.20 Å². The lowest BCUT2D eigenvalue weighted by Crippen LogP contribution is -2.31. The highest BCUT2D eigenvalue weighted by atomic mass is 16.5. The van der Waals surface area contributed by atoms with Crippen molar-refractivity contribution < 1.29 is 9.53 Å². The predicted molar refractivity (Wildman–Crippen MR) is 76.2 cm³/mol. The molecule has 6 heteroatoms. The van der Waals surface area contributed by atoms with Crippen molar-refractivity contribution in [3.63, 3.8) is 0 Å². The van der Waals surface area contributed by atoms with E-state index in [4.69, 9.17) is 4.74 Å². The average molecular weight is 280 g/mol. The average Bonchev–Trinajstić information content (AvgIpc) is 2.94. The molecule has 0 aromatic carbocycles. The van der Waals surface area contributed by atoms with Crippen LogP contribution < -0.4 is 0 Å². The fourth-order valence-corrected chi connectivity index (χ4v) is 2.73. The number of amides is 1. The number of H-pyrrole nitrogens is 1. The van der Waals surface area contributed by atoms with Gasteiger partial charge < -0.3 is 14.5 Å². The van der Waals surface area contributed by atoms with E-state index in [1.165, 1.54) is 5.56 Å². The van der Waals surface area contributed by atoms with Gasteiger partial charge >= 0.3 is 0 Å². The molecule has 0 bridgehead atoms. The molecule has 2 rings (SSSR count). The molecule has 1 aromatic rings. The Bertz CT molecular complexity index is 446. The molecule has 112 valence electrons. The van der Waals surface area contributed by atoms with E-state index in [0.29, 0.717) is 25.5 Å². The van der Waals surface area contributed by atoms with Crippen molar-refractivity contribution in [2.75, 3.05) is 40.4 Å². The number of carbonyl (C=O) groups is 1. The van der Waals surface area contributed by atoms with Crippen molar-refractivity contribution in [2.45, 2.75) is 19.9 Å². The number of aryl methyl sites for hydroxylation is 1. The SMILES string of the molecule is COCCN1C[C@@H](CN(C)Cc2cn[nH]c2C)CC1=O. The van der Waals surface area contributed by atoms with Gasteiger partial charge in [-0.15, -0.1) is 0 Å². The van der Waals surface area contributed by atoms with Crippen molar-refractivity contribution in [2.24, 2.45) is 5.92 Å². The molecule has 20 heavy (non-hydrogen) atoms. The molecule has 6 nitrogen and oxygen atoms in total. The van der Waals surface area contributed by atoms with Gasteiger partial charge in [0.1, 0.15) is 0 Å². The van der Waals surface area contributed by atoms with Gasteiger partial charge in [0.25, 0.3) is 0 Å². The molecule has 2 heterocycles. The van der Waals surface area contributed by atoms with E-state index in [1.807, 2.05) is 18.0 Å². The molecule has 0 unspecified atom stereocenters. The molecule has 1 aliphatic rings. The van der Waals surface area contributed by atoms with E-state index in [1.54, 1.807) is 7.11 Å². The summed E-state index contributed by atoms with van der Waals surface area (Å²) in [6.45, 7) is 5.99. The van der Waals surface area contributed by atoms with Gasteiger partial charge in [-0.05, 0) is 19.9 Å². The topological polar surface area (TPSA) is 61.5 Å². The smallest absolute Gasteiger partial charge is 0.223 e. The first-order valence-corrected chi connectivity index (χ1v) is 7.04. The van der Waals surface area contributed by atoms with Crippen LogP contribution in [-0.2, 0) is 16.1 Å². The Kier molecular flexibility index (Phi) is 5.14. The largest absolute Gasteiger partial charge is 0.383 e. The first-order chi connectivity index (χ1) is 9.60. The van der Waals surface area contributed by atoms with Gasteiger partial charge in [0, 0.05) is 51.0 Å². The van der Waals surface area contributed by atoms with E-state index >= 15 is 0 Å². The number of ether oxygens (including phenoxy) is 1. The van der Waals surface area contributed by atoms with Crippen LogP contribution in [0.1, 0.15) is 17.7 Å². The zero-order chi connectivity index (χ0) is 14.5. The predicted octanol–water partition coefficient (Wildman–Crippen LogP) is 0.645. The first-order valence-electron chi connectivity index (χ1n) is 7.04. The standard InChI is InChI=1S/C14H24N4O2/c1-11-13(7-15-16-11)10-17(2)8-12-6-14(19)18(9-12)4-5-20-3/h7,12H,4-6,8-10H2,1-3H3,(H,15,16)/t12-/m1/s1. The molecule has 0 spiro atoms. The number of aromatic nitrogens is 2. The Labute approximate surface area is 120 Å². The van der Waals surface area contributed by atoms with Crippen molar-refractivity contribution in [3.8, 4) is 0 Å². The van der Waals surface area contributed by atoms with Crippen LogP contribution in [0, 0.1) is 12.8 Å². The maximum absolute atomic E-state index is 11.9. The minimum absolute atomic E-state index is 0.250. The van der Waals surface area contributed by atoms with Crippen LogP contribution in [-0.4, -0.2) is 66.3 Å². The molecule has 1 aliphatic heterocycles. The molecule has 1 amide bonds. The number of methoxy groups -OCH3 is 1. The van der Waals surface area contributed by atoms with Crippen LogP contribution in [0.2, 0.25) is 0 Å². The first kappa shape index (κ1) is 15.0. The van der Waals surface area contributed by atoms with Gasteiger partial charge in [-0.1, -0.05) is 0 Å². The minimum Gasteiger partial charge on any atom is -0.383 e. The lowest BCUT2D eigenvalue weighted by molar-refractivity contribution is -0.128. The van der Waals surface area contributed by atoms with Gasteiger partial charge in [0.15, 0.2) is 0 Å². The third-order valence-electron chi connectivity index (χ3n) is 3.80. The monoisotopic (exact) mass is 280 g/mol. The van der Waals surface area contributed by atoms with E-state index < -0.39 is 0 Å². The number of carbonyl (C=O) groups excluding carboxylic acids is 1. The van der Waals surface area contributed by atoms with Crippen LogP contribution in [0.5, 0.6) is 0 Å². The second-order valence-corrected chi connectivity index (χ2v) is 5.62. The summed E-state index contributed by atoms with van der Waals surface area (Å²) in [5.74, 6) is 0.663. The van der Waals surface area contributed by atoms with Crippen LogP contribution in [0.4, 0.5) is 0 Å². The molecule has 1 fully saturated rings. The second kappa shape index (κ2) is 6.85. The Hall–Kier alpha value is -1.40. The Morgan fingerprint density at radius 2 is 2.40 bits per heavy atom. The normalized spacial score (nSPS) is 19.3. The second-order valence-electron chi connectivity index (χ2n) is 5.62. The molecule has 1 aromatic heterocycles. The number of likely N-dealkylation sites (tertiary alicyclic amines) is 1. The lowest BCUT2D eigenvalue weighted by Gasteiger charge is -2.21. The van der Waals surface area contributed by atoms with Crippen LogP contribution in [0.25, 0.3) is 0 Å². The van der Waals surface area contributed by atoms with E-state index in [-0.39, 0.29) is 5.91 Å². The Morgan fingerprint density at radius 1 is 1.60 bits per heavy atom. The quantitative estimate of drug-likeness (QED) is 0.796. The molecule has 1 atom stereocenters. The fourth-order valence-electron chi connectivity index (χ4n) is 2.73. The third-order valence-corrected chi connectivity index (χ3v) is 3.80. The fraction of sp³-hybridized carbons (Fsp3) is 0.714. The summed E-state index contributed by atoms with van der Waals surface area (Å²) in [4.78, 5) is 16.0. The maximum atomic E-state index is 11.9. The van der Waals surface area contributed by atoms with Crippen LogP contribution >= 0.6 is 0 Å². The molecular weight excluding hydrogens is 256 g/mol.